The standard InChI is InChI=1S/C31H39O7P/c1-5-10-24-18-27(32)29(26-17-22(4)13-14-25(26)21(2)3)28(19-24)37-30(33)31(15-9-16-31)38-39(34,35)36-20-23-11-7-6-8-12-23/h6-8,11-12,17-19,25-26,32H,2,5,9-10,13-16,20H2,1,3-4H3,(H,34,35)/p-1/t25-,26+/m0/s1. The van der Waals surface area contributed by atoms with E-state index in [1.165, 1.54) is 5.57 Å². The number of ether oxygens (including phenoxy) is 1. The lowest BCUT2D eigenvalue weighted by molar-refractivity contribution is -0.244. The van der Waals surface area contributed by atoms with Gasteiger partial charge in [0.25, 0.3) is 7.82 Å². The van der Waals surface area contributed by atoms with E-state index >= 15 is 0 Å². The predicted molar refractivity (Wildman–Crippen MR) is 148 cm³/mol. The van der Waals surface area contributed by atoms with E-state index in [9.17, 15) is 19.4 Å². The topological polar surface area (TPSA) is 105 Å². The number of rotatable bonds is 11. The number of benzene rings is 2. The van der Waals surface area contributed by atoms with Crippen LogP contribution in [0.15, 0.2) is 66.3 Å². The van der Waals surface area contributed by atoms with Gasteiger partial charge >= 0.3 is 5.97 Å². The number of allylic oxidation sites excluding steroid dienone is 3. The van der Waals surface area contributed by atoms with Gasteiger partial charge in [0, 0.05) is 11.5 Å². The molecule has 1 unspecified atom stereocenters. The summed E-state index contributed by atoms with van der Waals surface area (Å²) in [5.74, 6) is -0.684. The van der Waals surface area contributed by atoms with E-state index in [1.807, 2.05) is 26.8 Å². The molecule has 2 aromatic carbocycles. The van der Waals surface area contributed by atoms with Crippen molar-refractivity contribution in [2.45, 2.75) is 83.8 Å². The third-order valence-electron chi connectivity index (χ3n) is 7.69. The van der Waals surface area contributed by atoms with Gasteiger partial charge in [-0.25, -0.2) is 4.79 Å². The van der Waals surface area contributed by atoms with Crippen LogP contribution < -0.4 is 9.63 Å². The third kappa shape index (κ3) is 6.90. The third-order valence-corrected chi connectivity index (χ3v) is 8.71. The maximum Gasteiger partial charge on any atom is 0.344 e. The molecule has 2 aliphatic rings. The van der Waals surface area contributed by atoms with Gasteiger partial charge in [-0.3, -0.25) is 9.09 Å². The summed E-state index contributed by atoms with van der Waals surface area (Å²) in [5.41, 5.74) is 2.52. The molecule has 210 valence electrons. The predicted octanol–water partition coefficient (Wildman–Crippen LogP) is 6.89. The molecular formula is C31H38O7P-. The number of hydrogen-bond acceptors (Lipinski definition) is 7. The molecule has 7 nitrogen and oxygen atoms in total. The summed E-state index contributed by atoms with van der Waals surface area (Å²) in [4.78, 5) is 26.3. The first-order chi connectivity index (χ1) is 18.5. The smallest absolute Gasteiger partial charge is 0.344 e. The van der Waals surface area contributed by atoms with Crippen LogP contribution in [0.4, 0.5) is 0 Å². The number of esters is 1. The Bertz CT molecular complexity index is 1280. The minimum atomic E-state index is -4.82. The SMILES string of the molecule is C=C(C)[C@@H]1CCC(C)=C[C@H]1c1c(O)cc(CCC)cc1OC(=O)C1(OP(=O)([O-])OCc2ccccc2)CCC1. The summed E-state index contributed by atoms with van der Waals surface area (Å²) in [6.45, 7) is 10.0. The fourth-order valence-corrected chi connectivity index (χ4v) is 6.46. The van der Waals surface area contributed by atoms with E-state index in [4.69, 9.17) is 13.8 Å². The molecule has 1 N–H and O–H groups in total. The highest BCUT2D eigenvalue weighted by atomic mass is 31.2. The summed E-state index contributed by atoms with van der Waals surface area (Å²) in [6, 6.07) is 12.4. The molecule has 1 fully saturated rings. The number of carbonyl (C=O) groups is 1. The van der Waals surface area contributed by atoms with Gasteiger partial charge in [0.05, 0.1) is 6.61 Å². The van der Waals surface area contributed by atoms with Crippen LogP contribution in [0.5, 0.6) is 11.5 Å². The molecule has 2 aromatic rings. The molecule has 0 aromatic heterocycles. The lowest BCUT2D eigenvalue weighted by atomic mass is 9.73. The van der Waals surface area contributed by atoms with Crippen LogP contribution in [0.25, 0.3) is 0 Å². The second-order valence-electron chi connectivity index (χ2n) is 10.8. The Kier molecular flexibility index (Phi) is 9.18. The molecule has 0 saturated heterocycles. The molecular weight excluding hydrogens is 515 g/mol. The highest BCUT2D eigenvalue weighted by Crippen LogP contribution is 2.52. The molecule has 0 radical (unpaired) electrons. The van der Waals surface area contributed by atoms with Crippen molar-refractivity contribution in [1.82, 2.24) is 0 Å². The van der Waals surface area contributed by atoms with Crippen LogP contribution in [-0.2, 0) is 31.4 Å². The molecule has 0 spiro atoms. The lowest BCUT2D eigenvalue weighted by Crippen LogP contribution is -2.50. The highest BCUT2D eigenvalue weighted by Gasteiger charge is 2.50. The van der Waals surface area contributed by atoms with E-state index < -0.39 is 19.4 Å². The van der Waals surface area contributed by atoms with Crippen molar-refractivity contribution in [3.63, 3.8) is 0 Å². The van der Waals surface area contributed by atoms with Gasteiger partial charge in [-0.15, -0.1) is 0 Å². The van der Waals surface area contributed by atoms with Crippen molar-refractivity contribution in [3.05, 3.63) is 83.0 Å². The molecule has 39 heavy (non-hydrogen) atoms. The number of aryl methyl sites for hydroxylation is 1. The van der Waals surface area contributed by atoms with Gasteiger partial charge in [-0.05, 0) is 81.5 Å². The van der Waals surface area contributed by atoms with Crippen LogP contribution in [0.3, 0.4) is 0 Å². The number of carbonyl (C=O) groups excluding carboxylic acids is 1. The molecule has 0 heterocycles. The average Bonchev–Trinajstić information content (AvgIpc) is 2.85. The van der Waals surface area contributed by atoms with Gasteiger partial charge in [0.1, 0.15) is 11.5 Å². The van der Waals surface area contributed by atoms with Crippen molar-refractivity contribution in [2.24, 2.45) is 5.92 Å². The zero-order valence-corrected chi connectivity index (χ0v) is 23.9. The van der Waals surface area contributed by atoms with Crippen LogP contribution in [0.2, 0.25) is 0 Å². The number of hydrogen-bond donors (Lipinski definition) is 1. The summed E-state index contributed by atoms with van der Waals surface area (Å²) < 4.78 is 29.2. The van der Waals surface area contributed by atoms with E-state index in [0.29, 0.717) is 24.0 Å². The number of phosphoric ester groups is 1. The van der Waals surface area contributed by atoms with Crippen molar-refractivity contribution >= 4 is 13.8 Å². The fraction of sp³-hybridized carbons (Fsp3) is 0.452. The maximum absolute atomic E-state index is 13.6. The number of phosphoric acid groups is 1. The minimum Gasteiger partial charge on any atom is -0.756 e. The first-order valence-electron chi connectivity index (χ1n) is 13.6. The number of phenols is 1. The maximum atomic E-state index is 13.6. The van der Waals surface area contributed by atoms with Gasteiger partial charge in [0.2, 0.25) is 0 Å². The van der Waals surface area contributed by atoms with Gasteiger partial charge in [0.15, 0.2) is 5.60 Å². The van der Waals surface area contributed by atoms with Crippen LogP contribution in [0.1, 0.15) is 81.9 Å². The molecule has 0 bridgehead atoms. The summed E-state index contributed by atoms with van der Waals surface area (Å²) in [7, 11) is -4.82. The first-order valence-corrected chi connectivity index (χ1v) is 15.1. The average molecular weight is 554 g/mol. The summed E-state index contributed by atoms with van der Waals surface area (Å²) in [6.07, 6.45) is 6.44. The molecule has 2 aliphatic carbocycles. The van der Waals surface area contributed by atoms with Gasteiger partial charge < -0.3 is 19.3 Å². The summed E-state index contributed by atoms with van der Waals surface area (Å²) in [5, 5.41) is 11.2. The number of aromatic hydroxyl groups is 1. The Balaban J connectivity index is 1.62. The molecule has 0 aliphatic heterocycles. The first kappa shape index (κ1) is 29.3. The molecule has 3 atom stereocenters. The zero-order valence-electron chi connectivity index (χ0n) is 23.0. The lowest BCUT2D eigenvalue weighted by Gasteiger charge is -2.42. The Hall–Kier alpha value is -2.70. The van der Waals surface area contributed by atoms with Crippen LogP contribution in [-0.4, -0.2) is 16.7 Å². The van der Waals surface area contributed by atoms with E-state index in [1.54, 1.807) is 36.4 Å². The monoisotopic (exact) mass is 553 g/mol. The van der Waals surface area contributed by atoms with E-state index in [2.05, 4.69) is 12.7 Å². The largest absolute Gasteiger partial charge is 0.756 e. The normalized spacial score (nSPS) is 21.8. The Labute approximate surface area is 231 Å². The Morgan fingerprint density at radius 1 is 1.21 bits per heavy atom. The van der Waals surface area contributed by atoms with Gasteiger partial charge in [-0.1, -0.05) is 67.5 Å². The molecule has 1 saturated carbocycles. The Morgan fingerprint density at radius 2 is 1.92 bits per heavy atom. The van der Waals surface area contributed by atoms with Crippen molar-refractivity contribution in [2.75, 3.05) is 0 Å². The van der Waals surface area contributed by atoms with Crippen LogP contribution in [0, 0.1) is 5.92 Å². The number of phenolic OH excluding ortho intramolecular Hbond substituents is 1. The minimum absolute atomic E-state index is 0.0511. The molecule has 0 amide bonds. The second-order valence-corrected chi connectivity index (χ2v) is 12.2. The zero-order chi connectivity index (χ0) is 28.2. The van der Waals surface area contributed by atoms with E-state index in [-0.39, 0.29) is 42.8 Å². The quantitative estimate of drug-likeness (QED) is 0.140. The van der Waals surface area contributed by atoms with Crippen LogP contribution >= 0.6 is 7.82 Å². The molecule has 8 heteroatoms. The highest BCUT2D eigenvalue weighted by molar-refractivity contribution is 7.45. The molecule has 4 rings (SSSR count). The van der Waals surface area contributed by atoms with Gasteiger partial charge in [-0.2, -0.15) is 0 Å². The fourth-order valence-electron chi connectivity index (χ4n) is 5.42. The van der Waals surface area contributed by atoms with E-state index in [0.717, 1.165) is 30.4 Å². The van der Waals surface area contributed by atoms with Crippen molar-refractivity contribution < 1.29 is 33.1 Å². The summed E-state index contributed by atoms with van der Waals surface area (Å²) >= 11 is 0. The van der Waals surface area contributed by atoms with Crippen molar-refractivity contribution in [1.29, 1.82) is 0 Å². The Morgan fingerprint density at radius 3 is 2.54 bits per heavy atom. The van der Waals surface area contributed by atoms with Crippen molar-refractivity contribution in [3.8, 4) is 11.5 Å². The second kappa shape index (κ2) is 12.2.